The minimum atomic E-state index is -0.856. The fraction of sp³-hybridized carbons (Fsp3) is 0.167. The van der Waals surface area contributed by atoms with Gasteiger partial charge in [-0.15, -0.1) is 11.8 Å². The average Bonchev–Trinajstić information content (AvgIpc) is 2.35. The van der Waals surface area contributed by atoms with Crippen molar-refractivity contribution in [3.05, 3.63) is 57.8 Å². The highest BCUT2D eigenvalue weighted by Crippen LogP contribution is 2.21. The second kappa shape index (κ2) is 5.30. The molecule has 94 valence electrons. The van der Waals surface area contributed by atoms with Crippen LogP contribution < -0.4 is 5.56 Å². The van der Waals surface area contributed by atoms with Gasteiger partial charge in [-0.1, -0.05) is 0 Å². The quantitative estimate of drug-likeness (QED) is 0.870. The number of halogens is 2. The molecule has 0 unspecified atom stereocenters. The predicted molar refractivity (Wildman–Crippen MR) is 65.5 cm³/mol. The Morgan fingerprint density at radius 2 is 1.94 bits per heavy atom. The molecule has 0 saturated heterocycles. The van der Waals surface area contributed by atoms with Gasteiger partial charge in [-0.2, -0.15) is 4.39 Å². The molecule has 0 aliphatic heterocycles. The summed E-state index contributed by atoms with van der Waals surface area (Å²) in [6.45, 7) is 1.44. The number of benzene rings is 1. The maximum Gasteiger partial charge on any atom is 0.287 e. The first-order chi connectivity index (χ1) is 8.56. The molecule has 1 N–H and O–H groups in total. The molecule has 0 saturated carbocycles. The number of aromatic amines is 1. The number of thioether (sulfide) groups is 1. The molecule has 2 rings (SSSR count). The van der Waals surface area contributed by atoms with Crippen LogP contribution >= 0.6 is 11.8 Å². The number of aromatic nitrogens is 2. The van der Waals surface area contributed by atoms with Crippen LogP contribution in [0.3, 0.4) is 0 Å². The number of hydrogen-bond donors (Lipinski definition) is 1. The molecule has 0 bridgehead atoms. The molecule has 1 aromatic carbocycles. The topological polar surface area (TPSA) is 45.8 Å². The molecule has 0 spiro atoms. The van der Waals surface area contributed by atoms with Crippen molar-refractivity contribution in [3.63, 3.8) is 0 Å². The summed E-state index contributed by atoms with van der Waals surface area (Å²) < 4.78 is 25.8. The molecule has 0 radical (unpaired) electrons. The summed E-state index contributed by atoms with van der Waals surface area (Å²) in [6.07, 6.45) is 0. The molecule has 18 heavy (non-hydrogen) atoms. The zero-order valence-electron chi connectivity index (χ0n) is 9.54. The average molecular weight is 268 g/mol. The van der Waals surface area contributed by atoms with Crippen molar-refractivity contribution in [2.24, 2.45) is 0 Å². The van der Waals surface area contributed by atoms with Gasteiger partial charge in [-0.3, -0.25) is 4.79 Å². The van der Waals surface area contributed by atoms with Crippen LogP contribution in [-0.2, 0) is 5.75 Å². The number of nitrogens with one attached hydrogen (secondary N) is 1. The predicted octanol–water partition coefficient (Wildman–Crippen LogP) is 2.65. The molecule has 1 aromatic heterocycles. The van der Waals surface area contributed by atoms with Crippen molar-refractivity contribution in [1.29, 1.82) is 0 Å². The second-order valence-corrected chi connectivity index (χ2v) is 4.70. The Morgan fingerprint density at radius 3 is 2.56 bits per heavy atom. The smallest absolute Gasteiger partial charge is 0.287 e. The molecule has 2 aromatic rings. The maximum atomic E-state index is 13.1. The minimum Gasteiger partial charge on any atom is -0.307 e. The lowest BCUT2D eigenvalue weighted by Gasteiger charge is -2.03. The first-order valence-corrected chi connectivity index (χ1v) is 6.18. The fourth-order valence-corrected chi connectivity index (χ4v) is 2.15. The highest BCUT2D eigenvalue weighted by Gasteiger charge is 2.07. The normalized spacial score (nSPS) is 10.6. The van der Waals surface area contributed by atoms with Gasteiger partial charge < -0.3 is 4.98 Å². The number of H-pyrrole nitrogens is 1. The molecule has 1 heterocycles. The second-order valence-electron chi connectivity index (χ2n) is 3.65. The molecule has 0 aliphatic rings. The lowest BCUT2D eigenvalue weighted by molar-refractivity contribution is 0.584. The van der Waals surface area contributed by atoms with Gasteiger partial charge in [0.1, 0.15) is 11.6 Å². The molecule has 0 aliphatic carbocycles. The van der Waals surface area contributed by atoms with E-state index in [4.69, 9.17) is 0 Å². The molecule has 0 fully saturated rings. The number of rotatable bonds is 3. The summed E-state index contributed by atoms with van der Waals surface area (Å²) >= 11 is 1.38. The molecular formula is C12H10F2N2OS. The van der Waals surface area contributed by atoms with Gasteiger partial charge >= 0.3 is 0 Å². The highest BCUT2D eigenvalue weighted by atomic mass is 32.2. The summed E-state index contributed by atoms with van der Waals surface area (Å²) in [4.78, 5) is 18.3. The number of nitrogens with zero attached hydrogens (tertiary/aromatic N) is 1. The summed E-state index contributed by atoms with van der Waals surface area (Å²) in [7, 11) is 0. The Hall–Kier alpha value is -1.69. The van der Waals surface area contributed by atoms with Crippen molar-refractivity contribution in [1.82, 2.24) is 9.97 Å². The van der Waals surface area contributed by atoms with Crippen LogP contribution in [0.2, 0.25) is 0 Å². The zero-order chi connectivity index (χ0) is 13.1. The van der Waals surface area contributed by atoms with Gasteiger partial charge in [0.2, 0.25) is 5.82 Å². The summed E-state index contributed by atoms with van der Waals surface area (Å²) in [6, 6.07) is 5.98. The van der Waals surface area contributed by atoms with Gasteiger partial charge in [0.05, 0.1) is 11.4 Å². The van der Waals surface area contributed by atoms with Crippen LogP contribution in [0.15, 0.2) is 34.0 Å². The Bertz CT molecular complexity index is 610. The van der Waals surface area contributed by atoms with E-state index in [0.717, 1.165) is 4.90 Å². The first kappa shape index (κ1) is 12.8. The van der Waals surface area contributed by atoms with Gasteiger partial charge in [0.15, 0.2) is 0 Å². The van der Waals surface area contributed by atoms with E-state index in [9.17, 15) is 13.6 Å². The van der Waals surface area contributed by atoms with Crippen molar-refractivity contribution < 1.29 is 8.78 Å². The summed E-state index contributed by atoms with van der Waals surface area (Å²) in [5, 5.41) is 0. The van der Waals surface area contributed by atoms with Gasteiger partial charge in [-0.25, -0.2) is 9.37 Å². The van der Waals surface area contributed by atoms with E-state index < -0.39 is 11.4 Å². The Labute approximate surface area is 106 Å². The van der Waals surface area contributed by atoms with E-state index in [0.29, 0.717) is 11.6 Å². The molecule has 3 nitrogen and oxygen atoms in total. The third-order valence-electron chi connectivity index (χ3n) is 2.27. The van der Waals surface area contributed by atoms with Crippen LogP contribution in [0.5, 0.6) is 0 Å². The van der Waals surface area contributed by atoms with Crippen molar-refractivity contribution in [2.75, 3.05) is 0 Å². The molecule has 6 heteroatoms. The van der Waals surface area contributed by atoms with E-state index in [-0.39, 0.29) is 11.5 Å². The van der Waals surface area contributed by atoms with E-state index in [1.54, 1.807) is 12.1 Å². The Balaban J connectivity index is 2.11. The minimum absolute atomic E-state index is 0.0773. The Morgan fingerprint density at radius 1 is 1.28 bits per heavy atom. The number of aryl methyl sites for hydroxylation is 1. The maximum absolute atomic E-state index is 13.1. The fourth-order valence-electron chi connectivity index (χ4n) is 1.38. The van der Waals surface area contributed by atoms with Crippen LogP contribution in [0.25, 0.3) is 0 Å². The van der Waals surface area contributed by atoms with Crippen LogP contribution in [0.1, 0.15) is 11.5 Å². The van der Waals surface area contributed by atoms with E-state index >= 15 is 0 Å². The summed E-state index contributed by atoms with van der Waals surface area (Å²) in [5.41, 5.74) is -0.689. The monoisotopic (exact) mass is 268 g/mol. The van der Waals surface area contributed by atoms with Gasteiger partial charge in [-0.05, 0) is 31.2 Å². The van der Waals surface area contributed by atoms with E-state index in [2.05, 4.69) is 9.97 Å². The Kier molecular flexibility index (Phi) is 3.76. The van der Waals surface area contributed by atoms with Gasteiger partial charge in [0, 0.05) is 4.90 Å². The largest absolute Gasteiger partial charge is 0.307 e. The number of hydrogen-bond acceptors (Lipinski definition) is 3. The van der Waals surface area contributed by atoms with Crippen LogP contribution in [0.4, 0.5) is 8.78 Å². The highest BCUT2D eigenvalue weighted by molar-refractivity contribution is 7.98. The van der Waals surface area contributed by atoms with E-state index in [1.807, 2.05) is 0 Å². The molecule has 0 amide bonds. The SMILES string of the molecule is Cc1nc(CSc2ccc(F)cc2)[nH]c(=O)c1F. The van der Waals surface area contributed by atoms with E-state index in [1.165, 1.54) is 30.8 Å². The third-order valence-corrected chi connectivity index (χ3v) is 3.29. The van der Waals surface area contributed by atoms with Gasteiger partial charge in [0.25, 0.3) is 5.56 Å². The lowest BCUT2D eigenvalue weighted by Crippen LogP contribution is -2.16. The first-order valence-electron chi connectivity index (χ1n) is 5.20. The van der Waals surface area contributed by atoms with Crippen molar-refractivity contribution in [3.8, 4) is 0 Å². The summed E-state index contributed by atoms with van der Waals surface area (Å²) in [5.74, 6) is -0.371. The molecule has 0 atom stereocenters. The molecular weight excluding hydrogens is 258 g/mol. The lowest BCUT2D eigenvalue weighted by atomic mass is 10.4. The van der Waals surface area contributed by atoms with Crippen molar-refractivity contribution >= 4 is 11.8 Å². The standard InChI is InChI=1S/C12H10F2N2OS/c1-7-11(14)12(17)16-10(15-7)6-18-9-4-2-8(13)3-5-9/h2-5H,6H2,1H3,(H,15,16,17). The zero-order valence-corrected chi connectivity index (χ0v) is 10.4. The van der Waals surface area contributed by atoms with Crippen LogP contribution in [-0.4, -0.2) is 9.97 Å². The van der Waals surface area contributed by atoms with Crippen molar-refractivity contribution in [2.45, 2.75) is 17.6 Å². The third kappa shape index (κ3) is 2.95. The van der Waals surface area contributed by atoms with Crippen LogP contribution in [0, 0.1) is 18.6 Å².